The van der Waals surface area contributed by atoms with E-state index in [1.165, 1.54) is 11.3 Å². The summed E-state index contributed by atoms with van der Waals surface area (Å²) in [5.41, 5.74) is 3.59. The van der Waals surface area contributed by atoms with E-state index in [-0.39, 0.29) is 17.7 Å². The largest absolute Gasteiger partial charge is 0.494 e. The van der Waals surface area contributed by atoms with Gasteiger partial charge >= 0.3 is 0 Å². The Kier molecular flexibility index (Phi) is 8.34. The van der Waals surface area contributed by atoms with E-state index in [1.54, 1.807) is 12.4 Å². The lowest BCUT2D eigenvalue weighted by Gasteiger charge is -2.27. The molecule has 7 nitrogen and oxygen atoms in total. The second-order valence-corrected chi connectivity index (χ2v) is 10.0. The maximum atomic E-state index is 12.9. The summed E-state index contributed by atoms with van der Waals surface area (Å²) in [5.74, 6) is 0.752. The molecule has 1 aliphatic heterocycles. The zero-order chi connectivity index (χ0) is 25.5. The lowest BCUT2D eigenvalue weighted by atomic mass is 9.97. The van der Waals surface area contributed by atoms with E-state index in [0.29, 0.717) is 55.9 Å². The van der Waals surface area contributed by atoms with Gasteiger partial charge in [0, 0.05) is 36.7 Å². The van der Waals surface area contributed by atoms with Gasteiger partial charge in [0.1, 0.15) is 16.8 Å². The highest BCUT2D eigenvalue weighted by atomic mass is 32.1. The van der Waals surface area contributed by atoms with Crippen LogP contribution in [0.4, 0.5) is 5.00 Å². The Morgan fingerprint density at radius 3 is 2.83 bits per heavy atom. The highest BCUT2D eigenvalue weighted by Gasteiger charge is 2.27. The third kappa shape index (κ3) is 6.10. The minimum absolute atomic E-state index is 0.000891. The number of pyridine rings is 1. The number of ether oxygens (including phenoxy) is 1. The molecule has 1 aliphatic rings. The molecule has 0 spiro atoms. The standard InChI is InChI=1S/C28H30N4O3S/c1-3-35-22-6-4-5-21(16-22)19(2)15-26(33)31-28-24(17-29)23-11-14-32(18-25(23)36-28)27(34)8-7-20-9-12-30-13-10-20/h4-6,9-10,12-13,16,19H,3,7-8,11,14-15,18H2,1-2H3,(H,31,33). The summed E-state index contributed by atoms with van der Waals surface area (Å²) >= 11 is 1.41. The molecule has 0 saturated carbocycles. The minimum Gasteiger partial charge on any atom is -0.494 e. The number of rotatable bonds is 9. The van der Waals surface area contributed by atoms with Crippen LogP contribution < -0.4 is 10.1 Å². The Morgan fingerprint density at radius 1 is 1.28 bits per heavy atom. The Morgan fingerprint density at radius 2 is 2.08 bits per heavy atom. The molecule has 1 N–H and O–H groups in total. The van der Waals surface area contributed by atoms with E-state index in [0.717, 1.165) is 27.3 Å². The summed E-state index contributed by atoms with van der Waals surface area (Å²) in [6, 6.07) is 13.9. The summed E-state index contributed by atoms with van der Waals surface area (Å²) in [6.07, 6.45) is 5.48. The van der Waals surface area contributed by atoms with Crippen molar-refractivity contribution in [1.29, 1.82) is 5.26 Å². The molecule has 1 aromatic carbocycles. The summed E-state index contributed by atoms with van der Waals surface area (Å²) < 4.78 is 5.57. The predicted molar refractivity (Wildman–Crippen MR) is 140 cm³/mol. The van der Waals surface area contributed by atoms with E-state index in [1.807, 2.05) is 55.1 Å². The number of nitriles is 1. The lowest BCUT2D eigenvalue weighted by molar-refractivity contribution is -0.132. The molecular formula is C28H30N4O3S. The smallest absolute Gasteiger partial charge is 0.225 e. The van der Waals surface area contributed by atoms with Crippen LogP contribution in [-0.2, 0) is 29.0 Å². The molecule has 8 heteroatoms. The van der Waals surface area contributed by atoms with Gasteiger partial charge in [-0.3, -0.25) is 14.6 Å². The second-order valence-electron chi connectivity index (χ2n) is 8.90. The molecule has 36 heavy (non-hydrogen) atoms. The summed E-state index contributed by atoms with van der Waals surface area (Å²) in [5, 5.41) is 13.4. The van der Waals surface area contributed by atoms with Crippen molar-refractivity contribution < 1.29 is 14.3 Å². The van der Waals surface area contributed by atoms with Crippen molar-refractivity contribution in [3.8, 4) is 11.8 Å². The monoisotopic (exact) mass is 502 g/mol. The van der Waals surface area contributed by atoms with Crippen LogP contribution in [0, 0.1) is 11.3 Å². The zero-order valence-corrected chi connectivity index (χ0v) is 21.4. The van der Waals surface area contributed by atoms with Crippen LogP contribution in [0.25, 0.3) is 0 Å². The molecule has 0 saturated heterocycles. The molecule has 0 aliphatic carbocycles. The number of carbonyl (C=O) groups excluding carboxylic acids is 2. The molecule has 2 amide bonds. The fourth-order valence-electron chi connectivity index (χ4n) is 4.43. The lowest BCUT2D eigenvalue weighted by Crippen LogP contribution is -2.35. The van der Waals surface area contributed by atoms with Gasteiger partial charge in [0.05, 0.1) is 18.7 Å². The predicted octanol–water partition coefficient (Wildman–Crippen LogP) is 5.06. The summed E-state index contributed by atoms with van der Waals surface area (Å²) in [7, 11) is 0. The number of nitrogens with zero attached hydrogens (tertiary/aromatic N) is 3. The van der Waals surface area contributed by atoms with Gasteiger partial charge in [0.2, 0.25) is 11.8 Å². The van der Waals surface area contributed by atoms with Crippen LogP contribution in [0.5, 0.6) is 5.75 Å². The van der Waals surface area contributed by atoms with E-state index in [2.05, 4.69) is 16.4 Å². The van der Waals surface area contributed by atoms with Crippen LogP contribution in [0.15, 0.2) is 48.8 Å². The first kappa shape index (κ1) is 25.4. The van der Waals surface area contributed by atoms with E-state index >= 15 is 0 Å². The first-order valence-corrected chi connectivity index (χ1v) is 13.0. The first-order valence-electron chi connectivity index (χ1n) is 12.2. The van der Waals surface area contributed by atoms with E-state index < -0.39 is 0 Å². The molecule has 0 fully saturated rings. The van der Waals surface area contributed by atoms with Gasteiger partial charge in [-0.1, -0.05) is 19.1 Å². The van der Waals surface area contributed by atoms with Gasteiger partial charge in [0.25, 0.3) is 0 Å². The van der Waals surface area contributed by atoms with Gasteiger partial charge in [-0.2, -0.15) is 5.26 Å². The molecule has 3 aromatic rings. The SMILES string of the molecule is CCOc1cccc(C(C)CC(=O)Nc2sc3c(c2C#N)CCN(C(=O)CCc2ccncc2)C3)c1. The van der Waals surface area contributed by atoms with Crippen molar-refractivity contribution in [2.45, 2.75) is 52.0 Å². The van der Waals surface area contributed by atoms with Gasteiger partial charge in [0.15, 0.2) is 0 Å². The van der Waals surface area contributed by atoms with Crippen LogP contribution >= 0.6 is 11.3 Å². The Hall–Kier alpha value is -3.70. The molecule has 3 heterocycles. The quantitative estimate of drug-likeness (QED) is 0.441. The fraction of sp³-hybridized carbons (Fsp3) is 0.357. The fourth-order valence-corrected chi connectivity index (χ4v) is 5.66. The molecule has 1 atom stereocenters. The Bertz CT molecular complexity index is 1270. The number of fused-ring (bicyclic) bond motifs is 1. The molecule has 186 valence electrons. The average molecular weight is 503 g/mol. The van der Waals surface area contributed by atoms with Crippen molar-refractivity contribution in [3.05, 3.63) is 75.9 Å². The van der Waals surface area contributed by atoms with Gasteiger partial charge in [-0.25, -0.2) is 0 Å². The minimum atomic E-state index is -0.135. The number of hydrogen-bond acceptors (Lipinski definition) is 6. The van der Waals surface area contributed by atoms with Crippen molar-refractivity contribution in [2.75, 3.05) is 18.5 Å². The highest BCUT2D eigenvalue weighted by Crippen LogP contribution is 2.37. The van der Waals surface area contributed by atoms with Gasteiger partial charge in [-0.05, 0) is 66.6 Å². The summed E-state index contributed by atoms with van der Waals surface area (Å²) in [6.45, 7) is 5.58. The van der Waals surface area contributed by atoms with Crippen molar-refractivity contribution >= 4 is 28.2 Å². The van der Waals surface area contributed by atoms with Gasteiger partial charge < -0.3 is 15.0 Å². The number of aromatic nitrogens is 1. The zero-order valence-electron chi connectivity index (χ0n) is 20.6. The third-order valence-corrected chi connectivity index (χ3v) is 7.51. The van der Waals surface area contributed by atoms with E-state index in [4.69, 9.17) is 4.74 Å². The van der Waals surface area contributed by atoms with Crippen LogP contribution in [-0.4, -0.2) is 34.8 Å². The number of anilines is 1. The maximum Gasteiger partial charge on any atom is 0.225 e. The third-order valence-electron chi connectivity index (χ3n) is 6.38. The van der Waals surface area contributed by atoms with Gasteiger partial charge in [-0.15, -0.1) is 11.3 Å². The number of carbonyl (C=O) groups is 2. The average Bonchev–Trinajstić information content (AvgIpc) is 3.24. The van der Waals surface area contributed by atoms with Crippen LogP contribution in [0.3, 0.4) is 0 Å². The molecule has 2 aromatic heterocycles. The Balaban J connectivity index is 1.38. The Labute approximate surface area is 215 Å². The number of hydrogen-bond donors (Lipinski definition) is 1. The summed E-state index contributed by atoms with van der Waals surface area (Å²) in [4.78, 5) is 32.5. The van der Waals surface area contributed by atoms with Crippen LogP contribution in [0.1, 0.15) is 59.7 Å². The maximum absolute atomic E-state index is 12.9. The van der Waals surface area contributed by atoms with Crippen molar-refractivity contribution in [1.82, 2.24) is 9.88 Å². The first-order chi connectivity index (χ1) is 17.5. The number of aryl methyl sites for hydroxylation is 1. The molecule has 1 unspecified atom stereocenters. The normalized spacial score (nSPS) is 13.4. The molecule has 0 bridgehead atoms. The van der Waals surface area contributed by atoms with Crippen molar-refractivity contribution in [2.24, 2.45) is 0 Å². The number of benzene rings is 1. The molecule has 4 rings (SSSR count). The molecule has 0 radical (unpaired) electrons. The number of nitrogens with one attached hydrogen (secondary N) is 1. The second kappa shape index (κ2) is 11.8. The number of thiophene rings is 1. The molecular weight excluding hydrogens is 472 g/mol. The number of amides is 2. The van der Waals surface area contributed by atoms with Crippen molar-refractivity contribution in [3.63, 3.8) is 0 Å². The highest BCUT2D eigenvalue weighted by molar-refractivity contribution is 7.16. The van der Waals surface area contributed by atoms with E-state index in [9.17, 15) is 14.9 Å². The topological polar surface area (TPSA) is 95.3 Å². The van der Waals surface area contributed by atoms with Crippen LogP contribution in [0.2, 0.25) is 0 Å².